The largest absolute Gasteiger partial charge is 0.355 e. The summed E-state index contributed by atoms with van der Waals surface area (Å²) < 4.78 is 27.0. The lowest BCUT2D eigenvalue weighted by molar-refractivity contribution is -0.140. The lowest BCUT2D eigenvalue weighted by Crippen LogP contribution is -2.53. The van der Waals surface area contributed by atoms with Crippen LogP contribution in [0.1, 0.15) is 44.4 Å². The molecule has 0 aromatic heterocycles. The van der Waals surface area contributed by atoms with Crippen LogP contribution in [-0.2, 0) is 38.0 Å². The monoisotopic (exact) mass is 617 g/mol. The van der Waals surface area contributed by atoms with Crippen LogP contribution in [0.15, 0.2) is 72.8 Å². The Morgan fingerprint density at radius 2 is 1.59 bits per heavy atom. The molecule has 41 heavy (non-hydrogen) atoms. The number of nitrogens with zero attached hydrogens (tertiary/aromatic N) is 2. The Labute approximate surface area is 253 Å². The van der Waals surface area contributed by atoms with Crippen molar-refractivity contribution in [3.05, 3.63) is 99.5 Å². The quantitative estimate of drug-likeness (QED) is 0.293. The molecule has 0 aliphatic carbocycles. The Balaban J connectivity index is 2.06. The van der Waals surface area contributed by atoms with Crippen LogP contribution in [0.25, 0.3) is 0 Å². The van der Waals surface area contributed by atoms with Crippen molar-refractivity contribution in [3.8, 4) is 0 Å². The molecule has 0 bridgehead atoms. The average Bonchev–Trinajstić information content (AvgIpc) is 2.90. The first kappa shape index (κ1) is 32.4. The van der Waals surface area contributed by atoms with E-state index >= 15 is 0 Å². The van der Waals surface area contributed by atoms with E-state index in [-0.39, 0.29) is 24.3 Å². The highest BCUT2D eigenvalue weighted by Crippen LogP contribution is 2.27. The Kier molecular flexibility index (Phi) is 10.9. The fourth-order valence-corrected chi connectivity index (χ4v) is 5.74. The molecule has 0 saturated carbocycles. The van der Waals surface area contributed by atoms with Crippen LogP contribution in [-0.4, -0.2) is 50.5 Å². The second-order valence-corrected chi connectivity index (χ2v) is 13.7. The van der Waals surface area contributed by atoms with Crippen molar-refractivity contribution >= 4 is 50.7 Å². The number of hydrogen-bond donors (Lipinski definition) is 1. The highest BCUT2D eigenvalue weighted by Gasteiger charge is 2.33. The fraction of sp³-hybridized carbons (Fsp3) is 0.355. The molecule has 0 fully saturated rings. The Bertz CT molecular complexity index is 1460. The van der Waals surface area contributed by atoms with Gasteiger partial charge in [0, 0.05) is 29.6 Å². The van der Waals surface area contributed by atoms with Crippen LogP contribution in [0.3, 0.4) is 0 Å². The molecule has 0 heterocycles. The first-order valence-electron chi connectivity index (χ1n) is 13.3. The zero-order chi connectivity index (χ0) is 30.4. The van der Waals surface area contributed by atoms with Gasteiger partial charge in [0.05, 0.1) is 11.9 Å². The summed E-state index contributed by atoms with van der Waals surface area (Å²) in [7, 11) is -3.85. The zero-order valence-corrected chi connectivity index (χ0v) is 26.4. The molecule has 0 radical (unpaired) electrons. The molecule has 0 saturated heterocycles. The first-order chi connectivity index (χ1) is 19.2. The van der Waals surface area contributed by atoms with E-state index in [1.807, 2.05) is 42.5 Å². The van der Waals surface area contributed by atoms with Crippen molar-refractivity contribution in [2.24, 2.45) is 0 Å². The fourth-order valence-electron chi connectivity index (χ4n) is 4.42. The van der Waals surface area contributed by atoms with Crippen molar-refractivity contribution in [1.82, 2.24) is 10.2 Å². The summed E-state index contributed by atoms with van der Waals surface area (Å²) >= 11 is 12.6. The summed E-state index contributed by atoms with van der Waals surface area (Å²) in [5.41, 5.74) is 2.68. The van der Waals surface area contributed by atoms with E-state index in [1.54, 1.807) is 37.3 Å². The molecule has 0 aliphatic heterocycles. The van der Waals surface area contributed by atoms with Gasteiger partial charge in [-0.25, -0.2) is 8.42 Å². The van der Waals surface area contributed by atoms with Crippen LogP contribution in [0.4, 0.5) is 5.69 Å². The second kappa shape index (κ2) is 13.7. The van der Waals surface area contributed by atoms with E-state index in [2.05, 4.69) is 26.1 Å². The number of rotatable bonds is 11. The van der Waals surface area contributed by atoms with Crippen LogP contribution < -0.4 is 9.62 Å². The molecule has 0 aliphatic rings. The minimum Gasteiger partial charge on any atom is -0.355 e. The average molecular weight is 619 g/mol. The van der Waals surface area contributed by atoms with Crippen LogP contribution in [0.5, 0.6) is 0 Å². The molecule has 3 rings (SSSR count). The number of carbonyl (C=O) groups is 2. The lowest BCUT2D eigenvalue weighted by Gasteiger charge is -2.33. The van der Waals surface area contributed by atoms with Gasteiger partial charge in [0.1, 0.15) is 12.6 Å². The van der Waals surface area contributed by atoms with Crippen molar-refractivity contribution in [1.29, 1.82) is 0 Å². The third-order valence-corrected chi connectivity index (χ3v) is 8.41. The van der Waals surface area contributed by atoms with Gasteiger partial charge < -0.3 is 10.2 Å². The molecule has 3 aromatic rings. The van der Waals surface area contributed by atoms with E-state index < -0.39 is 28.5 Å². The summed E-state index contributed by atoms with van der Waals surface area (Å²) in [6, 6.07) is 20.4. The maximum absolute atomic E-state index is 14.1. The highest BCUT2D eigenvalue weighted by molar-refractivity contribution is 7.92. The minimum absolute atomic E-state index is 0.0238. The first-order valence-corrected chi connectivity index (χ1v) is 15.9. The maximum Gasteiger partial charge on any atom is 0.244 e. The number of carbonyl (C=O) groups excluding carboxylic acids is 2. The summed E-state index contributed by atoms with van der Waals surface area (Å²) in [6.07, 6.45) is 1.28. The molecule has 1 atom stereocenters. The number of anilines is 1. The van der Waals surface area contributed by atoms with Gasteiger partial charge in [-0.15, -0.1) is 0 Å². The molecular weight excluding hydrogens is 581 g/mol. The normalized spacial score (nSPS) is 12.5. The molecule has 2 amide bonds. The predicted octanol–water partition coefficient (Wildman–Crippen LogP) is 5.83. The van der Waals surface area contributed by atoms with Gasteiger partial charge in [-0.3, -0.25) is 13.9 Å². The number of amides is 2. The van der Waals surface area contributed by atoms with Crippen molar-refractivity contribution in [3.63, 3.8) is 0 Å². The second-order valence-electron chi connectivity index (χ2n) is 10.9. The van der Waals surface area contributed by atoms with Gasteiger partial charge >= 0.3 is 0 Å². The predicted molar refractivity (Wildman–Crippen MR) is 167 cm³/mol. The number of nitrogens with one attached hydrogen (secondary N) is 1. The van der Waals surface area contributed by atoms with Gasteiger partial charge in [0.15, 0.2) is 0 Å². The van der Waals surface area contributed by atoms with E-state index in [0.29, 0.717) is 27.8 Å². The van der Waals surface area contributed by atoms with Crippen LogP contribution in [0, 0.1) is 0 Å². The summed E-state index contributed by atoms with van der Waals surface area (Å²) in [6.45, 7) is 7.83. The summed E-state index contributed by atoms with van der Waals surface area (Å²) in [5, 5.41) is 3.60. The van der Waals surface area contributed by atoms with Gasteiger partial charge in [-0.2, -0.15) is 0 Å². The molecule has 7 nitrogen and oxygen atoms in total. The van der Waals surface area contributed by atoms with Crippen molar-refractivity contribution < 1.29 is 18.0 Å². The van der Waals surface area contributed by atoms with Crippen molar-refractivity contribution in [2.75, 3.05) is 23.7 Å². The van der Waals surface area contributed by atoms with E-state index in [1.165, 1.54) is 4.90 Å². The standard InChI is InChI=1S/C31H37Cl2N3O4S/c1-6-34-30(38)28(18-22-10-8-7-9-11-22)35(20-23-12-15-25(32)19-27(23)33)29(37)21-36(41(5,39)40)26-16-13-24(14-17-26)31(2,3)4/h7-17,19,28H,6,18,20-21H2,1-5H3,(H,34,38). The highest BCUT2D eigenvalue weighted by atomic mass is 35.5. The molecule has 0 spiro atoms. The Hall–Kier alpha value is -3.07. The number of benzene rings is 3. The van der Waals surface area contributed by atoms with Gasteiger partial charge in [0.2, 0.25) is 21.8 Å². The lowest BCUT2D eigenvalue weighted by atomic mass is 9.87. The Morgan fingerprint density at radius 1 is 0.951 bits per heavy atom. The van der Waals surface area contributed by atoms with Crippen molar-refractivity contribution in [2.45, 2.75) is 52.1 Å². The third-order valence-electron chi connectivity index (χ3n) is 6.68. The van der Waals surface area contributed by atoms with Crippen LogP contribution >= 0.6 is 23.2 Å². The van der Waals surface area contributed by atoms with Crippen LogP contribution in [0.2, 0.25) is 10.0 Å². The van der Waals surface area contributed by atoms with E-state index in [4.69, 9.17) is 23.2 Å². The topological polar surface area (TPSA) is 86.8 Å². The van der Waals surface area contributed by atoms with Gasteiger partial charge in [-0.1, -0.05) is 92.5 Å². The summed E-state index contributed by atoms with van der Waals surface area (Å²) in [5.74, 6) is -0.899. The van der Waals surface area contributed by atoms with E-state index in [0.717, 1.165) is 21.7 Å². The molecule has 1 N–H and O–H groups in total. The minimum atomic E-state index is -3.85. The smallest absolute Gasteiger partial charge is 0.244 e. The van der Waals surface area contributed by atoms with E-state index in [9.17, 15) is 18.0 Å². The molecular formula is C31H37Cl2N3O4S. The third kappa shape index (κ3) is 8.96. The number of hydrogen-bond acceptors (Lipinski definition) is 4. The number of sulfonamides is 1. The molecule has 220 valence electrons. The molecule has 10 heteroatoms. The SMILES string of the molecule is CCNC(=O)C(Cc1ccccc1)N(Cc1ccc(Cl)cc1Cl)C(=O)CN(c1ccc(C(C)(C)C)cc1)S(C)(=O)=O. The number of likely N-dealkylation sites (N-methyl/N-ethyl adjacent to an activating group) is 1. The van der Waals surface area contributed by atoms with Gasteiger partial charge in [-0.05, 0) is 53.3 Å². The maximum atomic E-state index is 14.1. The zero-order valence-electron chi connectivity index (χ0n) is 24.0. The summed E-state index contributed by atoms with van der Waals surface area (Å²) in [4.78, 5) is 28.9. The van der Waals surface area contributed by atoms with Gasteiger partial charge in [0.25, 0.3) is 0 Å². The molecule has 3 aromatic carbocycles. The number of halogens is 2. The molecule has 1 unspecified atom stereocenters. The Morgan fingerprint density at radius 3 is 2.12 bits per heavy atom.